The highest BCUT2D eigenvalue weighted by Gasteiger charge is 2.33. The Kier molecular flexibility index (Phi) is 6.40. The van der Waals surface area contributed by atoms with Gasteiger partial charge in [-0.2, -0.15) is 0 Å². The zero-order chi connectivity index (χ0) is 23.7. The van der Waals surface area contributed by atoms with Crippen molar-refractivity contribution in [2.75, 3.05) is 13.7 Å². The summed E-state index contributed by atoms with van der Waals surface area (Å²) in [4.78, 5) is 31.4. The molecule has 0 aliphatic carbocycles. The van der Waals surface area contributed by atoms with Gasteiger partial charge in [0.25, 0.3) is 5.56 Å². The highest BCUT2D eigenvalue weighted by molar-refractivity contribution is 7.07. The second-order valence-electron chi connectivity index (χ2n) is 7.28. The van der Waals surface area contributed by atoms with E-state index in [4.69, 9.17) is 21.1 Å². The Balaban J connectivity index is 1.96. The van der Waals surface area contributed by atoms with E-state index < -0.39 is 12.0 Å². The number of benzene rings is 2. The molecule has 3 aromatic rings. The minimum Gasteiger partial charge on any atom is -0.507 e. The molecule has 0 radical (unpaired) electrons. The standard InChI is InChI=1S/C24H21ClN2O5S/c1-4-32-23(30)20-13(2)26-24-27(21(20)14-5-8-17(31-3)9-6-14)22(29)19(33-24)12-15-11-16(25)7-10-18(15)28/h5-12,21,28H,4H2,1-3H3/t21-/m1/s1. The molecule has 0 saturated carbocycles. The number of carbonyl (C=O) groups excluding carboxylic acids is 1. The lowest BCUT2D eigenvalue weighted by atomic mass is 9.96. The third-order valence-corrected chi connectivity index (χ3v) is 6.44. The van der Waals surface area contributed by atoms with Crippen molar-refractivity contribution in [3.63, 3.8) is 0 Å². The molecule has 9 heteroatoms. The number of aromatic hydroxyl groups is 1. The van der Waals surface area contributed by atoms with Crippen molar-refractivity contribution in [2.24, 2.45) is 4.99 Å². The second kappa shape index (κ2) is 9.25. The Morgan fingerprint density at radius 1 is 1.27 bits per heavy atom. The minimum atomic E-state index is -0.721. The molecule has 1 aliphatic heterocycles. The summed E-state index contributed by atoms with van der Waals surface area (Å²) >= 11 is 7.23. The van der Waals surface area contributed by atoms with Crippen LogP contribution in [0.25, 0.3) is 6.08 Å². The molecular formula is C24H21ClN2O5S. The van der Waals surface area contributed by atoms with E-state index in [1.165, 1.54) is 22.0 Å². The van der Waals surface area contributed by atoms with E-state index in [9.17, 15) is 14.7 Å². The average molecular weight is 485 g/mol. The maximum atomic E-state index is 13.5. The van der Waals surface area contributed by atoms with Crippen molar-refractivity contribution < 1.29 is 19.4 Å². The van der Waals surface area contributed by atoms with Crippen LogP contribution in [0.3, 0.4) is 0 Å². The quantitative estimate of drug-likeness (QED) is 0.562. The topological polar surface area (TPSA) is 90.1 Å². The van der Waals surface area contributed by atoms with Crippen molar-refractivity contribution in [2.45, 2.75) is 19.9 Å². The van der Waals surface area contributed by atoms with Gasteiger partial charge >= 0.3 is 5.97 Å². The molecule has 1 aromatic heterocycles. The van der Waals surface area contributed by atoms with Crippen LogP contribution in [0.4, 0.5) is 0 Å². The Bertz CT molecular complexity index is 1440. The smallest absolute Gasteiger partial charge is 0.338 e. The van der Waals surface area contributed by atoms with Gasteiger partial charge in [0.1, 0.15) is 11.5 Å². The minimum absolute atomic E-state index is 0.000309. The van der Waals surface area contributed by atoms with Gasteiger partial charge in [-0.1, -0.05) is 35.1 Å². The molecule has 1 aliphatic rings. The summed E-state index contributed by atoms with van der Waals surface area (Å²) in [7, 11) is 1.57. The lowest BCUT2D eigenvalue weighted by molar-refractivity contribution is -0.139. The monoisotopic (exact) mass is 484 g/mol. The van der Waals surface area contributed by atoms with E-state index >= 15 is 0 Å². The molecular weight excluding hydrogens is 464 g/mol. The maximum absolute atomic E-state index is 13.5. The van der Waals surface area contributed by atoms with Gasteiger partial charge in [0.2, 0.25) is 0 Å². The molecule has 2 aromatic carbocycles. The van der Waals surface area contributed by atoms with Gasteiger partial charge in [-0.25, -0.2) is 9.79 Å². The van der Waals surface area contributed by atoms with Gasteiger partial charge < -0.3 is 14.6 Å². The number of allylic oxidation sites excluding steroid dienone is 1. The van der Waals surface area contributed by atoms with Crippen LogP contribution in [-0.4, -0.2) is 29.4 Å². The largest absolute Gasteiger partial charge is 0.507 e. The van der Waals surface area contributed by atoms with Crippen LogP contribution in [0.1, 0.15) is 31.0 Å². The van der Waals surface area contributed by atoms with E-state index in [2.05, 4.69) is 4.99 Å². The lowest BCUT2D eigenvalue weighted by Crippen LogP contribution is -2.39. The van der Waals surface area contributed by atoms with Crippen LogP contribution in [0, 0.1) is 0 Å². The van der Waals surface area contributed by atoms with Gasteiger partial charge in [0.05, 0.1) is 35.6 Å². The first-order valence-corrected chi connectivity index (χ1v) is 11.4. The predicted molar refractivity (Wildman–Crippen MR) is 127 cm³/mol. The average Bonchev–Trinajstić information content (AvgIpc) is 3.10. The van der Waals surface area contributed by atoms with Crippen LogP contribution in [0.5, 0.6) is 11.5 Å². The molecule has 0 unspecified atom stereocenters. The zero-order valence-corrected chi connectivity index (χ0v) is 19.7. The molecule has 0 amide bonds. The van der Waals surface area contributed by atoms with Crippen LogP contribution >= 0.6 is 22.9 Å². The van der Waals surface area contributed by atoms with Crippen LogP contribution in [0.15, 0.2) is 63.5 Å². The number of phenolic OH excluding ortho intramolecular Hbond substituents is 1. The summed E-state index contributed by atoms with van der Waals surface area (Å²) in [6.07, 6.45) is 1.57. The molecule has 0 spiro atoms. The fraction of sp³-hybridized carbons (Fsp3) is 0.208. The Morgan fingerprint density at radius 2 is 2.00 bits per heavy atom. The SMILES string of the molecule is CCOC(=O)C1=C(C)N=c2sc(=Cc3cc(Cl)ccc3O)c(=O)n2[C@@H]1c1ccc(OC)cc1. The number of esters is 1. The number of phenols is 1. The number of hydrogen-bond donors (Lipinski definition) is 1. The molecule has 0 fully saturated rings. The molecule has 1 N–H and O–H groups in total. The van der Waals surface area contributed by atoms with E-state index in [1.807, 2.05) is 0 Å². The summed E-state index contributed by atoms with van der Waals surface area (Å²) in [6, 6.07) is 11.0. The second-order valence-corrected chi connectivity index (χ2v) is 8.72. The molecule has 33 heavy (non-hydrogen) atoms. The Morgan fingerprint density at radius 3 is 2.67 bits per heavy atom. The molecule has 0 saturated heterocycles. The number of ether oxygens (including phenoxy) is 2. The Labute approximate surface area is 198 Å². The number of thiazole rings is 1. The number of fused-ring (bicyclic) bond motifs is 1. The fourth-order valence-corrected chi connectivity index (χ4v) is 4.89. The molecule has 4 rings (SSSR count). The molecule has 0 bridgehead atoms. The van der Waals surface area contributed by atoms with Crippen molar-refractivity contribution in [1.29, 1.82) is 0 Å². The van der Waals surface area contributed by atoms with Gasteiger partial charge in [-0.05, 0) is 55.8 Å². The number of hydrogen-bond acceptors (Lipinski definition) is 7. The van der Waals surface area contributed by atoms with Gasteiger partial charge in [0, 0.05) is 10.6 Å². The van der Waals surface area contributed by atoms with E-state index in [0.717, 1.165) is 0 Å². The van der Waals surface area contributed by atoms with Crippen molar-refractivity contribution >= 4 is 35.0 Å². The lowest BCUT2D eigenvalue weighted by Gasteiger charge is -2.24. The van der Waals surface area contributed by atoms with Gasteiger partial charge in [0.15, 0.2) is 4.80 Å². The number of aromatic nitrogens is 1. The third-order valence-electron chi connectivity index (χ3n) is 5.22. The summed E-state index contributed by atoms with van der Waals surface area (Å²) in [5.41, 5.74) is 1.56. The summed E-state index contributed by atoms with van der Waals surface area (Å²) in [6.45, 7) is 3.65. The van der Waals surface area contributed by atoms with Crippen molar-refractivity contribution in [1.82, 2.24) is 4.57 Å². The first kappa shape index (κ1) is 22.8. The van der Waals surface area contributed by atoms with E-state index in [-0.39, 0.29) is 17.9 Å². The third kappa shape index (κ3) is 4.31. The van der Waals surface area contributed by atoms with Gasteiger partial charge in [-0.15, -0.1) is 0 Å². The zero-order valence-electron chi connectivity index (χ0n) is 18.2. The van der Waals surface area contributed by atoms with Crippen LogP contribution < -0.4 is 19.6 Å². The maximum Gasteiger partial charge on any atom is 0.338 e. The van der Waals surface area contributed by atoms with Crippen LogP contribution in [0.2, 0.25) is 5.02 Å². The van der Waals surface area contributed by atoms with E-state index in [0.29, 0.717) is 42.5 Å². The highest BCUT2D eigenvalue weighted by atomic mass is 35.5. The molecule has 1 atom stereocenters. The number of nitrogens with zero attached hydrogens (tertiary/aromatic N) is 2. The first-order chi connectivity index (χ1) is 15.8. The summed E-state index contributed by atoms with van der Waals surface area (Å²) in [5.74, 6) is 0.127. The van der Waals surface area contributed by atoms with Crippen LogP contribution in [-0.2, 0) is 9.53 Å². The number of halogens is 1. The molecule has 170 valence electrons. The number of methoxy groups -OCH3 is 1. The molecule has 7 nitrogen and oxygen atoms in total. The normalized spacial score (nSPS) is 15.8. The van der Waals surface area contributed by atoms with Gasteiger partial charge in [-0.3, -0.25) is 9.36 Å². The summed E-state index contributed by atoms with van der Waals surface area (Å²) < 4.78 is 12.4. The fourth-order valence-electron chi connectivity index (χ4n) is 3.68. The number of rotatable bonds is 5. The number of carbonyl (C=O) groups is 1. The predicted octanol–water partition coefficient (Wildman–Crippen LogP) is 3.17. The Hall–Kier alpha value is -3.36. The van der Waals surface area contributed by atoms with E-state index in [1.54, 1.807) is 63.4 Å². The van der Waals surface area contributed by atoms with Crippen molar-refractivity contribution in [3.8, 4) is 11.5 Å². The highest BCUT2D eigenvalue weighted by Crippen LogP contribution is 2.31. The molecule has 2 heterocycles. The van der Waals surface area contributed by atoms with Crippen molar-refractivity contribution in [3.05, 3.63) is 89.6 Å². The summed E-state index contributed by atoms with van der Waals surface area (Å²) in [5, 5.41) is 10.6. The first-order valence-electron chi connectivity index (χ1n) is 10.2.